The Balaban J connectivity index is 1.99. The van der Waals surface area contributed by atoms with E-state index in [9.17, 15) is 28.1 Å². The number of nitro groups is 1. The summed E-state index contributed by atoms with van der Waals surface area (Å²) in [6.07, 6.45) is -4.52. The number of hydrogen-bond donors (Lipinski definition) is 1. The molecule has 2 rings (SSSR count). The third-order valence-electron chi connectivity index (χ3n) is 2.97. The van der Waals surface area contributed by atoms with Crippen molar-refractivity contribution in [3.8, 4) is 11.5 Å². The number of nitro benzene ring substituents is 1. The number of para-hydroxylation sites is 4. The molecule has 7 nitrogen and oxygen atoms in total. The molecule has 2 aromatic rings. The first-order valence-corrected chi connectivity index (χ1v) is 7.21. The number of ether oxygens (including phenoxy) is 2. The van der Waals surface area contributed by atoms with E-state index in [-0.39, 0.29) is 22.9 Å². The minimum atomic E-state index is -4.52. The van der Waals surface area contributed by atoms with Gasteiger partial charge in [-0.05, 0) is 18.2 Å². The van der Waals surface area contributed by atoms with Gasteiger partial charge in [0.2, 0.25) is 0 Å². The summed E-state index contributed by atoms with van der Waals surface area (Å²) < 4.78 is 46.5. The third kappa shape index (κ3) is 5.65. The molecule has 0 radical (unpaired) electrons. The van der Waals surface area contributed by atoms with Crippen LogP contribution >= 0.6 is 0 Å². The zero-order valence-corrected chi connectivity index (χ0v) is 13.2. The van der Waals surface area contributed by atoms with Gasteiger partial charge in [0.05, 0.1) is 10.6 Å². The minimum absolute atomic E-state index is 0.0212. The molecule has 0 bridgehead atoms. The number of nitrogens with one attached hydrogen (secondary N) is 1. The number of amides is 1. The molecule has 0 unspecified atom stereocenters. The molecule has 0 atom stereocenters. The van der Waals surface area contributed by atoms with Gasteiger partial charge in [-0.1, -0.05) is 24.3 Å². The lowest BCUT2D eigenvalue weighted by Gasteiger charge is -2.14. The number of carbonyl (C=O) groups is 1. The Morgan fingerprint density at radius 1 is 1.04 bits per heavy atom. The smallest absolute Gasteiger partial charge is 0.422 e. The van der Waals surface area contributed by atoms with Gasteiger partial charge in [0, 0.05) is 6.07 Å². The molecule has 10 heteroatoms. The van der Waals surface area contributed by atoms with E-state index in [1.165, 1.54) is 48.5 Å². The van der Waals surface area contributed by atoms with Crippen molar-refractivity contribution in [1.82, 2.24) is 0 Å². The number of hydrogen-bond acceptors (Lipinski definition) is 5. The van der Waals surface area contributed by atoms with Gasteiger partial charge in [-0.15, -0.1) is 0 Å². The van der Waals surface area contributed by atoms with Gasteiger partial charge in [-0.2, -0.15) is 13.2 Å². The van der Waals surface area contributed by atoms with E-state index < -0.39 is 30.2 Å². The average Bonchev–Trinajstić information content (AvgIpc) is 2.58. The predicted octanol–water partition coefficient (Wildman–Crippen LogP) is 3.55. The van der Waals surface area contributed by atoms with Crippen molar-refractivity contribution in [2.24, 2.45) is 0 Å². The molecule has 0 aliphatic carbocycles. The summed E-state index contributed by atoms with van der Waals surface area (Å²) >= 11 is 0. The monoisotopic (exact) mass is 370 g/mol. The van der Waals surface area contributed by atoms with Crippen LogP contribution in [0.5, 0.6) is 11.5 Å². The van der Waals surface area contributed by atoms with Crippen LogP contribution in [0.25, 0.3) is 0 Å². The van der Waals surface area contributed by atoms with Gasteiger partial charge < -0.3 is 14.8 Å². The molecule has 0 saturated carbocycles. The number of rotatable bonds is 7. The highest BCUT2D eigenvalue weighted by atomic mass is 19.4. The molecule has 2 aromatic carbocycles. The second-order valence-electron chi connectivity index (χ2n) is 4.96. The van der Waals surface area contributed by atoms with Crippen LogP contribution in [-0.2, 0) is 4.79 Å². The van der Waals surface area contributed by atoms with Crippen LogP contribution in [0.4, 0.5) is 24.5 Å². The van der Waals surface area contributed by atoms with Crippen molar-refractivity contribution in [3.05, 3.63) is 58.6 Å². The second kappa shape index (κ2) is 8.19. The zero-order valence-electron chi connectivity index (χ0n) is 13.2. The van der Waals surface area contributed by atoms with Crippen LogP contribution < -0.4 is 14.8 Å². The Labute approximate surface area is 145 Å². The lowest BCUT2D eigenvalue weighted by Crippen LogP contribution is -2.22. The fourth-order valence-electron chi connectivity index (χ4n) is 1.91. The number of benzene rings is 2. The molecule has 138 valence electrons. The molecule has 1 amide bonds. The van der Waals surface area contributed by atoms with Gasteiger partial charge in [0.1, 0.15) is 5.75 Å². The zero-order chi connectivity index (χ0) is 19.2. The van der Waals surface area contributed by atoms with Crippen molar-refractivity contribution >= 4 is 17.3 Å². The number of nitrogens with zero attached hydrogens (tertiary/aromatic N) is 1. The van der Waals surface area contributed by atoms with Crippen LogP contribution in [-0.4, -0.2) is 30.2 Å². The highest BCUT2D eigenvalue weighted by molar-refractivity contribution is 5.93. The summed E-state index contributed by atoms with van der Waals surface area (Å²) in [6, 6.07) is 11.1. The van der Waals surface area contributed by atoms with E-state index in [4.69, 9.17) is 4.74 Å². The molecule has 0 fully saturated rings. The topological polar surface area (TPSA) is 90.7 Å². The first-order valence-electron chi connectivity index (χ1n) is 7.21. The maximum atomic E-state index is 12.3. The molecule has 0 aliphatic rings. The van der Waals surface area contributed by atoms with E-state index in [0.717, 1.165) is 0 Å². The maximum Gasteiger partial charge on any atom is 0.422 e. The van der Waals surface area contributed by atoms with Crippen molar-refractivity contribution in [3.63, 3.8) is 0 Å². The standard InChI is InChI=1S/C16H13F3N2O5/c17-16(18,19)10-26-13-7-3-1-5-11(13)20-15(22)9-25-14-8-4-2-6-12(14)21(23)24/h1-8H,9-10H2,(H,20,22). The Morgan fingerprint density at radius 2 is 1.65 bits per heavy atom. The number of halogens is 3. The van der Waals surface area contributed by atoms with E-state index in [0.29, 0.717) is 0 Å². The lowest BCUT2D eigenvalue weighted by atomic mass is 10.3. The van der Waals surface area contributed by atoms with Gasteiger partial charge in [-0.3, -0.25) is 14.9 Å². The fraction of sp³-hybridized carbons (Fsp3) is 0.188. The van der Waals surface area contributed by atoms with Crippen LogP contribution in [0.15, 0.2) is 48.5 Å². The summed E-state index contributed by atoms with van der Waals surface area (Å²) in [5, 5.41) is 13.2. The van der Waals surface area contributed by atoms with Crippen molar-refractivity contribution in [2.45, 2.75) is 6.18 Å². The molecule has 26 heavy (non-hydrogen) atoms. The SMILES string of the molecule is O=C(COc1ccccc1[N+](=O)[O-])Nc1ccccc1OCC(F)(F)F. The largest absolute Gasteiger partial charge is 0.482 e. The molecule has 0 saturated heterocycles. The summed E-state index contributed by atoms with van der Waals surface area (Å²) in [5.74, 6) is -0.982. The van der Waals surface area contributed by atoms with Gasteiger partial charge in [-0.25, -0.2) is 0 Å². The van der Waals surface area contributed by atoms with Crippen molar-refractivity contribution < 1.29 is 32.4 Å². The second-order valence-corrected chi connectivity index (χ2v) is 4.96. The van der Waals surface area contributed by atoms with E-state index in [1.54, 1.807) is 0 Å². The Hall–Kier alpha value is -3.30. The van der Waals surface area contributed by atoms with Gasteiger partial charge in [0.25, 0.3) is 5.91 Å². The Kier molecular flexibility index (Phi) is 5.99. The molecule has 0 spiro atoms. The number of alkyl halides is 3. The molecule has 0 aromatic heterocycles. The van der Waals surface area contributed by atoms with Crippen LogP contribution in [0.2, 0.25) is 0 Å². The summed E-state index contributed by atoms with van der Waals surface area (Å²) in [5.41, 5.74) is -0.290. The maximum absolute atomic E-state index is 12.3. The average molecular weight is 370 g/mol. The first kappa shape index (κ1) is 19.0. The van der Waals surface area contributed by atoms with E-state index in [2.05, 4.69) is 10.1 Å². The number of anilines is 1. The summed E-state index contributed by atoms with van der Waals surface area (Å²) in [7, 11) is 0. The Morgan fingerprint density at radius 3 is 2.31 bits per heavy atom. The first-order chi connectivity index (χ1) is 12.3. The molecular formula is C16H13F3N2O5. The molecular weight excluding hydrogens is 357 g/mol. The minimum Gasteiger partial charge on any atom is -0.482 e. The van der Waals surface area contributed by atoms with Crippen LogP contribution in [0.3, 0.4) is 0 Å². The lowest BCUT2D eigenvalue weighted by molar-refractivity contribution is -0.385. The predicted molar refractivity (Wildman–Crippen MR) is 85.2 cm³/mol. The van der Waals surface area contributed by atoms with E-state index >= 15 is 0 Å². The highest BCUT2D eigenvalue weighted by Gasteiger charge is 2.29. The summed E-state index contributed by atoms with van der Waals surface area (Å²) in [6.45, 7) is -2.08. The number of carbonyl (C=O) groups excluding carboxylic acids is 1. The van der Waals surface area contributed by atoms with Crippen LogP contribution in [0, 0.1) is 10.1 Å². The normalized spacial score (nSPS) is 10.9. The molecule has 0 aliphatic heterocycles. The van der Waals surface area contributed by atoms with Crippen LogP contribution in [0.1, 0.15) is 0 Å². The fourth-order valence-corrected chi connectivity index (χ4v) is 1.91. The summed E-state index contributed by atoms with van der Waals surface area (Å²) in [4.78, 5) is 22.1. The molecule has 1 N–H and O–H groups in total. The van der Waals surface area contributed by atoms with Gasteiger partial charge >= 0.3 is 11.9 Å². The van der Waals surface area contributed by atoms with Crippen molar-refractivity contribution in [2.75, 3.05) is 18.5 Å². The third-order valence-corrected chi connectivity index (χ3v) is 2.97. The Bertz CT molecular complexity index is 795. The highest BCUT2D eigenvalue weighted by Crippen LogP contribution is 2.27. The van der Waals surface area contributed by atoms with E-state index in [1.807, 2.05) is 0 Å². The molecule has 0 heterocycles. The quantitative estimate of drug-likeness (QED) is 0.595. The van der Waals surface area contributed by atoms with Gasteiger partial charge in [0.15, 0.2) is 19.0 Å². The van der Waals surface area contributed by atoms with Crippen molar-refractivity contribution in [1.29, 1.82) is 0 Å².